The van der Waals surface area contributed by atoms with E-state index in [-0.39, 0.29) is 24.3 Å². The van der Waals surface area contributed by atoms with Crippen molar-refractivity contribution in [3.8, 4) is 5.75 Å². The van der Waals surface area contributed by atoms with Gasteiger partial charge in [0.1, 0.15) is 5.75 Å². The number of hydrogen-bond donors (Lipinski definition) is 2. The number of carbonyl (C=O) groups excluding carboxylic acids is 2. The molecule has 1 aliphatic rings. The monoisotopic (exact) mass is 291 g/mol. The van der Waals surface area contributed by atoms with Gasteiger partial charge in [0.25, 0.3) is 0 Å². The Balaban J connectivity index is 1.84. The maximum Gasteiger partial charge on any atom is 0.238 e. The van der Waals surface area contributed by atoms with Crippen molar-refractivity contribution in [1.82, 2.24) is 4.90 Å². The standard InChI is InChI=1S/C15H21N3O3/c1-21-13-6-4-12(5-7-13)17-14(19)10-18-8-2-3-11(9-18)15(16)20/h4-7,11H,2-3,8-10H2,1H3,(H2,16,20)(H,17,19)/t11-/m0/s1. The lowest BCUT2D eigenvalue weighted by Crippen LogP contribution is -2.44. The molecule has 0 unspecified atom stereocenters. The van der Waals surface area contributed by atoms with Crippen LogP contribution in [0.15, 0.2) is 24.3 Å². The summed E-state index contributed by atoms with van der Waals surface area (Å²) in [5, 5.41) is 2.83. The molecule has 1 aromatic rings. The maximum atomic E-state index is 12.0. The number of anilines is 1. The summed E-state index contributed by atoms with van der Waals surface area (Å²) in [6.07, 6.45) is 1.70. The summed E-state index contributed by atoms with van der Waals surface area (Å²) < 4.78 is 5.07. The van der Waals surface area contributed by atoms with E-state index in [1.807, 2.05) is 4.90 Å². The van der Waals surface area contributed by atoms with E-state index in [1.165, 1.54) is 0 Å². The molecule has 114 valence electrons. The average molecular weight is 291 g/mol. The van der Waals surface area contributed by atoms with E-state index in [9.17, 15) is 9.59 Å². The van der Waals surface area contributed by atoms with E-state index >= 15 is 0 Å². The second-order valence-electron chi connectivity index (χ2n) is 5.25. The summed E-state index contributed by atoms with van der Waals surface area (Å²) in [6.45, 7) is 1.65. The Morgan fingerprint density at radius 1 is 1.38 bits per heavy atom. The largest absolute Gasteiger partial charge is 0.497 e. The maximum absolute atomic E-state index is 12.0. The summed E-state index contributed by atoms with van der Waals surface area (Å²) in [4.78, 5) is 25.2. The van der Waals surface area contributed by atoms with E-state index in [4.69, 9.17) is 10.5 Å². The van der Waals surface area contributed by atoms with Crippen LogP contribution in [-0.2, 0) is 9.59 Å². The summed E-state index contributed by atoms with van der Waals surface area (Å²) in [6, 6.07) is 7.16. The number of ether oxygens (including phenoxy) is 1. The van der Waals surface area contributed by atoms with E-state index in [2.05, 4.69) is 5.32 Å². The Morgan fingerprint density at radius 2 is 2.10 bits per heavy atom. The molecule has 0 radical (unpaired) electrons. The highest BCUT2D eigenvalue weighted by Crippen LogP contribution is 2.17. The van der Waals surface area contributed by atoms with Gasteiger partial charge in [-0.3, -0.25) is 14.5 Å². The highest BCUT2D eigenvalue weighted by atomic mass is 16.5. The van der Waals surface area contributed by atoms with Gasteiger partial charge in [0.15, 0.2) is 0 Å². The Bertz CT molecular complexity index is 501. The number of amides is 2. The molecule has 1 aliphatic heterocycles. The van der Waals surface area contributed by atoms with Crippen molar-refractivity contribution in [1.29, 1.82) is 0 Å². The molecule has 3 N–H and O–H groups in total. The Labute approximate surface area is 124 Å². The van der Waals surface area contributed by atoms with Crippen molar-refractivity contribution in [2.75, 3.05) is 32.1 Å². The van der Waals surface area contributed by atoms with Gasteiger partial charge in [0, 0.05) is 12.2 Å². The number of benzene rings is 1. The van der Waals surface area contributed by atoms with Gasteiger partial charge in [-0.1, -0.05) is 0 Å². The van der Waals surface area contributed by atoms with Gasteiger partial charge >= 0.3 is 0 Å². The highest BCUT2D eigenvalue weighted by Gasteiger charge is 2.25. The number of nitrogens with zero attached hydrogens (tertiary/aromatic N) is 1. The first-order valence-electron chi connectivity index (χ1n) is 7.04. The molecule has 0 bridgehead atoms. The molecule has 2 amide bonds. The fraction of sp³-hybridized carbons (Fsp3) is 0.467. The minimum Gasteiger partial charge on any atom is -0.497 e. The van der Waals surface area contributed by atoms with Gasteiger partial charge in [-0.2, -0.15) is 0 Å². The van der Waals surface area contributed by atoms with Crippen LogP contribution in [0, 0.1) is 5.92 Å². The van der Waals surface area contributed by atoms with Crippen molar-refractivity contribution in [3.05, 3.63) is 24.3 Å². The number of carbonyl (C=O) groups is 2. The Hall–Kier alpha value is -2.08. The second-order valence-corrected chi connectivity index (χ2v) is 5.25. The van der Waals surface area contributed by atoms with Gasteiger partial charge in [-0.05, 0) is 43.7 Å². The summed E-state index contributed by atoms with van der Waals surface area (Å²) >= 11 is 0. The van der Waals surface area contributed by atoms with Crippen molar-refractivity contribution in [2.24, 2.45) is 11.7 Å². The van der Waals surface area contributed by atoms with Crippen LogP contribution < -0.4 is 15.8 Å². The smallest absolute Gasteiger partial charge is 0.238 e. The van der Waals surface area contributed by atoms with Gasteiger partial charge in [0.2, 0.25) is 11.8 Å². The highest BCUT2D eigenvalue weighted by molar-refractivity contribution is 5.92. The lowest BCUT2D eigenvalue weighted by molar-refractivity contribution is -0.125. The average Bonchev–Trinajstić information content (AvgIpc) is 2.48. The minimum atomic E-state index is -0.282. The van der Waals surface area contributed by atoms with Crippen LogP contribution in [0.1, 0.15) is 12.8 Å². The molecule has 0 aromatic heterocycles. The molecule has 6 nitrogen and oxygen atoms in total. The molecular weight excluding hydrogens is 270 g/mol. The van der Waals surface area contributed by atoms with Crippen molar-refractivity contribution < 1.29 is 14.3 Å². The van der Waals surface area contributed by atoms with Gasteiger partial charge in [-0.15, -0.1) is 0 Å². The van der Waals surface area contributed by atoms with Gasteiger partial charge in [-0.25, -0.2) is 0 Å². The number of hydrogen-bond acceptors (Lipinski definition) is 4. The molecule has 21 heavy (non-hydrogen) atoms. The van der Waals surface area contributed by atoms with Crippen LogP contribution in [0.2, 0.25) is 0 Å². The summed E-state index contributed by atoms with van der Waals surface area (Å²) in [5.41, 5.74) is 6.06. The SMILES string of the molecule is COc1ccc(NC(=O)CN2CCC[C@H](C(N)=O)C2)cc1. The third-order valence-corrected chi connectivity index (χ3v) is 3.65. The lowest BCUT2D eigenvalue weighted by atomic mass is 9.97. The predicted molar refractivity (Wildman–Crippen MR) is 80.0 cm³/mol. The molecular formula is C15H21N3O3. The zero-order valence-corrected chi connectivity index (χ0v) is 12.2. The summed E-state index contributed by atoms with van der Waals surface area (Å²) in [7, 11) is 1.60. The van der Waals surface area contributed by atoms with E-state index in [1.54, 1.807) is 31.4 Å². The van der Waals surface area contributed by atoms with Crippen molar-refractivity contribution >= 4 is 17.5 Å². The van der Waals surface area contributed by atoms with Crippen LogP contribution in [0.25, 0.3) is 0 Å². The van der Waals surface area contributed by atoms with E-state index in [0.717, 1.165) is 30.8 Å². The number of nitrogens with two attached hydrogens (primary N) is 1. The molecule has 0 saturated carbocycles. The molecule has 0 spiro atoms. The first-order valence-corrected chi connectivity index (χ1v) is 7.04. The van der Waals surface area contributed by atoms with Gasteiger partial charge in [0.05, 0.1) is 19.6 Å². The predicted octanol–water partition coefficient (Wildman–Crippen LogP) is 0.831. The molecule has 1 atom stereocenters. The quantitative estimate of drug-likeness (QED) is 0.841. The van der Waals surface area contributed by atoms with E-state index in [0.29, 0.717) is 6.54 Å². The van der Waals surface area contributed by atoms with Crippen LogP contribution in [0.3, 0.4) is 0 Å². The number of nitrogens with one attached hydrogen (secondary N) is 1. The first kappa shape index (κ1) is 15.3. The molecule has 1 aromatic carbocycles. The van der Waals surface area contributed by atoms with Crippen molar-refractivity contribution in [2.45, 2.75) is 12.8 Å². The van der Waals surface area contributed by atoms with Crippen LogP contribution in [-0.4, -0.2) is 43.5 Å². The van der Waals surface area contributed by atoms with E-state index < -0.39 is 0 Å². The zero-order valence-electron chi connectivity index (χ0n) is 12.2. The number of rotatable bonds is 5. The topological polar surface area (TPSA) is 84.7 Å². The van der Waals surface area contributed by atoms with Crippen molar-refractivity contribution in [3.63, 3.8) is 0 Å². The number of piperidine rings is 1. The molecule has 1 saturated heterocycles. The molecule has 1 heterocycles. The number of primary amides is 1. The third-order valence-electron chi connectivity index (χ3n) is 3.65. The molecule has 2 rings (SSSR count). The lowest BCUT2D eigenvalue weighted by Gasteiger charge is -2.30. The first-order chi connectivity index (χ1) is 10.1. The molecule has 0 aliphatic carbocycles. The number of likely N-dealkylation sites (tertiary alicyclic amines) is 1. The number of methoxy groups -OCH3 is 1. The van der Waals surface area contributed by atoms with Crippen LogP contribution in [0.5, 0.6) is 5.75 Å². The minimum absolute atomic E-state index is 0.0923. The fourth-order valence-corrected chi connectivity index (χ4v) is 2.51. The summed E-state index contributed by atoms with van der Waals surface area (Å²) in [5.74, 6) is 0.224. The molecule has 6 heteroatoms. The normalized spacial score (nSPS) is 19.0. The second kappa shape index (κ2) is 7.08. The van der Waals surface area contributed by atoms with Crippen LogP contribution >= 0.6 is 0 Å². The van der Waals surface area contributed by atoms with Gasteiger partial charge < -0.3 is 15.8 Å². The fourth-order valence-electron chi connectivity index (χ4n) is 2.51. The Morgan fingerprint density at radius 3 is 2.71 bits per heavy atom. The third kappa shape index (κ3) is 4.46. The molecule has 1 fully saturated rings. The zero-order chi connectivity index (χ0) is 15.2. The van der Waals surface area contributed by atoms with Crippen LogP contribution in [0.4, 0.5) is 5.69 Å². The Kier molecular flexibility index (Phi) is 5.16.